The van der Waals surface area contributed by atoms with Crippen LogP contribution >= 0.6 is 0 Å². The first kappa shape index (κ1) is 19.1. The molecule has 27 heavy (non-hydrogen) atoms. The minimum Gasteiger partial charge on any atom is -0.355 e. The number of nitrogens with one attached hydrogen (secondary N) is 1. The molecule has 142 valence electrons. The van der Waals surface area contributed by atoms with Crippen molar-refractivity contribution >= 4 is 11.8 Å². The van der Waals surface area contributed by atoms with E-state index < -0.39 is 0 Å². The molecule has 1 unspecified atom stereocenters. The van der Waals surface area contributed by atoms with E-state index in [1.54, 1.807) is 0 Å². The number of nitrogens with zero attached hydrogens (tertiary/aromatic N) is 1. The molecule has 5 nitrogen and oxygen atoms in total. The Morgan fingerprint density at radius 1 is 1.04 bits per heavy atom. The van der Waals surface area contributed by atoms with Crippen molar-refractivity contribution in [1.29, 1.82) is 0 Å². The van der Waals surface area contributed by atoms with E-state index in [4.69, 9.17) is 5.73 Å². The summed E-state index contributed by atoms with van der Waals surface area (Å²) in [4.78, 5) is 26.7. The highest BCUT2D eigenvalue weighted by atomic mass is 16.2. The van der Waals surface area contributed by atoms with Gasteiger partial charge in [-0.2, -0.15) is 0 Å². The van der Waals surface area contributed by atoms with E-state index in [2.05, 4.69) is 29.6 Å². The number of carbonyl (C=O) groups is 2. The maximum atomic E-state index is 12.7. The average molecular weight is 365 g/mol. The molecule has 1 heterocycles. The monoisotopic (exact) mass is 365 g/mol. The van der Waals surface area contributed by atoms with Crippen LogP contribution in [0.15, 0.2) is 54.6 Å². The number of amides is 2. The van der Waals surface area contributed by atoms with Crippen LogP contribution in [-0.4, -0.2) is 42.9 Å². The van der Waals surface area contributed by atoms with E-state index in [1.807, 2.05) is 35.2 Å². The fourth-order valence-corrected chi connectivity index (χ4v) is 3.49. The van der Waals surface area contributed by atoms with Crippen molar-refractivity contribution in [3.05, 3.63) is 60.2 Å². The summed E-state index contributed by atoms with van der Waals surface area (Å²) in [7, 11) is 0. The Kier molecular flexibility index (Phi) is 6.60. The van der Waals surface area contributed by atoms with Gasteiger partial charge in [0.2, 0.25) is 11.8 Å². The second-order valence-electron chi connectivity index (χ2n) is 7.00. The molecule has 3 N–H and O–H groups in total. The number of piperidine rings is 1. The molecular formula is C22H27N3O2. The van der Waals surface area contributed by atoms with Gasteiger partial charge in [0.1, 0.15) is 0 Å². The van der Waals surface area contributed by atoms with Crippen molar-refractivity contribution in [3.8, 4) is 11.1 Å². The number of nitrogens with two attached hydrogens (primary N) is 1. The lowest BCUT2D eigenvalue weighted by Gasteiger charge is -2.32. The highest BCUT2D eigenvalue weighted by Crippen LogP contribution is 2.21. The predicted octanol–water partition coefficient (Wildman–Crippen LogP) is 2.21. The van der Waals surface area contributed by atoms with E-state index in [-0.39, 0.29) is 17.7 Å². The molecule has 2 amide bonds. The summed E-state index contributed by atoms with van der Waals surface area (Å²) in [5.41, 5.74) is 8.74. The minimum atomic E-state index is -0.130. The molecule has 1 atom stereocenters. The summed E-state index contributed by atoms with van der Waals surface area (Å²) in [6.07, 6.45) is 2.05. The van der Waals surface area contributed by atoms with E-state index in [9.17, 15) is 9.59 Å². The third-order valence-corrected chi connectivity index (χ3v) is 5.00. The Hall–Kier alpha value is -2.66. The van der Waals surface area contributed by atoms with Gasteiger partial charge in [-0.15, -0.1) is 0 Å². The summed E-state index contributed by atoms with van der Waals surface area (Å²) < 4.78 is 0. The van der Waals surface area contributed by atoms with Crippen LogP contribution in [0.5, 0.6) is 0 Å². The molecule has 1 fully saturated rings. The summed E-state index contributed by atoms with van der Waals surface area (Å²) in [6, 6.07) is 18.3. The third-order valence-electron chi connectivity index (χ3n) is 5.00. The van der Waals surface area contributed by atoms with Gasteiger partial charge < -0.3 is 16.0 Å². The van der Waals surface area contributed by atoms with E-state index >= 15 is 0 Å². The molecule has 0 saturated carbocycles. The second kappa shape index (κ2) is 9.33. The maximum Gasteiger partial charge on any atom is 0.227 e. The van der Waals surface area contributed by atoms with Crippen LogP contribution in [0, 0.1) is 5.92 Å². The zero-order chi connectivity index (χ0) is 19.1. The average Bonchev–Trinajstić information content (AvgIpc) is 2.73. The molecule has 0 radical (unpaired) electrons. The lowest BCUT2D eigenvalue weighted by molar-refractivity contribution is -0.135. The quantitative estimate of drug-likeness (QED) is 0.824. The first-order chi connectivity index (χ1) is 13.2. The fraction of sp³-hybridized carbons (Fsp3) is 0.364. The molecule has 0 bridgehead atoms. The highest BCUT2D eigenvalue weighted by Gasteiger charge is 2.28. The van der Waals surface area contributed by atoms with E-state index in [1.165, 1.54) is 0 Å². The first-order valence-corrected chi connectivity index (χ1v) is 9.57. The van der Waals surface area contributed by atoms with Crippen LogP contribution < -0.4 is 11.1 Å². The van der Waals surface area contributed by atoms with Crippen LogP contribution in [0.2, 0.25) is 0 Å². The zero-order valence-electron chi connectivity index (χ0n) is 15.6. The number of hydrogen-bond acceptors (Lipinski definition) is 3. The van der Waals surface area contributed by atoms with Crippen LogP contribution in [-0.2, 0) is 16.0 Å². The van der Waals surface area contributed by atoms with E-state index in [0.717, 1.165) is 36.1 Å². The van der Waals surface area contributed by atoms with Gasteiger partial charge in [0, 0.05) is 26.2 Å². The largest absolute Gasteiger partial charge is 0.355 e. The standard InChI is InChI=1S/C22H27N3O2/c23-12-13-24-22(27)20-7-4-14-25(16-20)21(26)15-17-8-10-19(11-9-17)18-5-2-1-3-6-18/h1-3,5-6,8-11,20H,4,7,12-16,23H2,(H,24,27). The Labute approximate surface area is 160 Å². The molecule has 0 spiro atoms. The van der Waals surface area contributed by atoms with Crippen LogP contribution in [0.25, 0.3) is 11.1 Å². The smallest absolute Gasteiger partial charge is 0.227 e. The van der Waals surface area contributed by atoms with Gasteiger partial charge in [-0.1, -0.05) is 54.6 Å². The lowest BCUT2D eigenvalue weighted by Crippen LogP contribution is -2.46. The number of likely N-dealkylation sites (tertiary alicyclic amines) is 1. The highest BCUT2D eigenvalue weighted by molar-refractivity contribution is 5.82. The molecule has 0 aliphatic carbocycles. The van der Waals surface area contributed by atoms with Crippen molar-refractivity contribution < 1.29 is 9.59 Å². The molecule has 1 saturated heterocycles. The van der Waals surface area contributed by atoms with Crippen molar-refractivity contribution in [1.82, 2.24) is 10.2 Å². The van der Waals surface area contributed by atoms with Crippen molar-refractivity contribution in [3.63, 3.8) is 0 Å². The van der Waals surface area contributed by atoms with Crippen molar-refractivity contribution in [2.45, 2.75) is 19.3 Å². The van der Waals surface area contributed by atoms with Gasteiger partial charge >= 0.3 is 0 Å². The molecular weight excluding hydrogens is 338 g/mol. The normalized spacial score (nSPS) is 16.8. The molecule has 3 rings (SSSR count). The molecule has 1 aliphatic rings. The van der Waals surface area contributed by atoms with Crippen LogP contribution in [0.1, 0.15) is 18.4 Å². The molecule has 5 heteroatoms. The van der Waals surface area contributed by atoms with Gasteiger partial charge in [-0.3, -0.25) is 9.59 Å². The Bertz CT molecular complexity index is 759. The second-order valence-corrected chi connectivity index (χ2v) is 7.00. The third kappa shape index (κ3) is 5.17. The number of benzene rings is 2. The fourth-order valence-electron chi connectivity index (χ4n) is 3.49. The molecule has 0 aromatic heterocycles. The topological polar surface area (TPSA) is 75.4 Å². The van der Waals surface area contributed by atoms with Gasteiger partial charge in [0.05, 0.1) is 12.3 Å². The Morgan fingerprint density at radius 2 is 1.74 bits per heavy atom. The molecule has 2 aromatic rings. The number of hydrogen-bond donors (Lipinski definition) is 2. The van der Waals surface area contributed by atoms with Gasteiger partial charge in [0.15, 0.2) is 0 Å². The van der Waals surface area contributed by atoms with Crippen molar-refractivity contribution in [2.75, 3.05) is 26.2 Å². The van der Waals surface area contributed by atoms with Gasteiger partial charge in [-0.05, 0) is 29.5 Å². The maximum absolute atomic E-state index is 12.7. The molecule has 1 aliphatic heterocycles. The summed E-state index contributed by atoms with van der Waals surface area (Å²) in [5, 5.41) is 2.83. The Morgan fingerprint density at radius 3 is 2.44 bits per heavy atom. The Balaban J connectivity index is 1.57. The number of rotatable bonds is 6. The zero-order valence-corrected chi connectivity index (χ0v) is 15.6. The van der Waals surface area contributed by atoms with E-state index in [0.29, 0.717) is 26.1 Å². The van der Waals surface area contributed by atoms with Gasteiger partial charge in [0.25, 0.3) is 0 Å². The van der Waals surface area contributed by atoms with Crippen LogP contribution in [0.4, 0.5) is 0 Å². The first-order valence-electron chi connectivity index (χ1n) is 9.57. The minimum absolute atomic E-state index is 0.00478. The SMILES string of the molecule is NCCNC(=O)C1CCCN(C(=O)Cc2ccc(-c3ccccc3)cc2)C1. The summed E-state index contributed by atoms with van der Waals surface area (Å²) in [6.45, 7) is 2.13. The van der Waals surface area contributed by atoms with Gasteiger partial charge in [-0.25, -0.2) is 0 Å². The lowest BCUT2D eigenvalue weighted by atomic mass is 9.96. The summed E-state index contributed by atoms with van der Waals surface area (Å²) >= 11 is 0. The predicted molar refractivity (Wildman–Crippen MR) is 107 cm³/mol. The summed E-state index contributed by atoms with van der Waals surface area (Å²) in [5.74, 6) is -0.0429. The molecule has 2 aromatic carbocycles. The van der Waals surface area contributed by atoms with Crippen molar-refractivity contribution in [2.24, 2.45) is 11.7 Å². The number of carbonyl (C=O) groups excluding carboxylic acids is 2. The van der Waals surface area contributed by atoms with Crippen LogP contribution in [0.3, 0.4) is 0 Å².